The smallest absolute Gasteiger partial charge is 0.550 e. The van der Waals surface area contributed by atoms with E-state index in [9.17, 15) is 9.90 Å². The van der Waals surface area contributed by atoms with Crippen molar-refractivity contribution >= 4 is 17.3 Å². The van der Waals surface area contributed by atoms with E-state index in [0.29, 0.717) is 5.01 Å². The van der Waals surface area contributed by atoms with Crippen molar-refractivity contribution in [2.75, 3.05) is 0 Å². The molecule has 0 N–H and O–H groups in total. The molecule has 0 atom stereocenters. The largest absolute Gasteiger partial charge is 1.00 e. The van der Waals surface area contributed by atoms with E-state index in [1.54, 1.807) is 0 Å². The maximum absolute atomic E-state index is 10.3. The summed E-state index contributed by atoms with van der Waals surface area (Å²) in [5, 5.41) is 11.0. The van der Waals surface area contributed by atoms with Crippen LogP contribution in [0.5, 0.6) is 0 Å². The summed E-state index contributed by atoms with van der Waals surface area (Å²) in [5.74, 6) is -1.04. The summed E-state index contributed by atoms with van der Waals surface area (Å²) in [6, 6.07) is 0. The van der Waals surface area contributed by atoms with Gasteiger partial charge in [0.1, 0.15) is 0 Å². The zero-order valence-electron chi connectivity index (χ0n) is 8.21. The maximum atomic E-state index is 10.3. The third-order valence-corrected chi connectivity index (χ3v) is 3.34. The number of hydrogen-bond acceptors (Lipinski definition) is 4. The van der Waals surface area contributed by atoms with E-state index < -0.39 is 5.97 Å². The van der Waals surface area contributed by atoms with Crippen molar-refractivity contribution in [1.29, 1.82) is 0 Å². The number of carboxylic acid groups (broad SMARTS) is 1. The Morgan fingerprint density at radius 1 is 1.43 bits per heavy atom. The van der Waals surface area contributed by atoms with Crippen LogP contribution in [0.25, 0.3) is 0 Å². The minimum absolute atomic E-state index is 0. The molecule has 0 saturated carbocycles. The van der Waals surface area contributed by atoms with Crippen molar-refractivity contribution < 1.29 is 28.8 Å². The molecule has 0 aliphatic heterocycles. The monoisotopic (exact) mass is 203 g/mol. The van der Waals surface area contributed by atoms with Crippen LogP contribution in [0.3, 0.4) is 0 Å². The van der Waals surface area contributed by atoms with E-state index in [0.717, 1.165) is 18.5 Å². The zero-order valence-corrected chi connectivity index (χ0v) is 9.02. The summed E-state index contributed by atoms with van der Waals surface area (Å²) in [4.78, 5) is 15.9. The van der Waals surface area contributed by atoms with E-state index in [4.69, 9.17) is 0 Å². The molecule has 0 spiro atoms. The number of hydrogen-bond donors (Lipinski definition) is 0. The van der Waals surface area contributed by atoms with Gasteiger partial charge in [-0.25, -0.2) is 4.98 Å². The minimum atomic E-state index is -1.04. The summed E-state index contributed by atoms with van der Waals surface area (Å²) in [6.45, 7) is 0. The van der Waals surface area contributed by atoms with Gasteiger partial charge in [0.2, 0.25) is 0 Å². The molecule has 1 aromatic heterocycles. The van der Waals surface area contributed by atoms with Gasteiger partial charge in [-0.05, 0) is 25.7 Å². The molecule has 1 heterocycles. The fourth-order valence-electron chi connectivity index (χ4n) is 1.60. The van der Waals surface area contributed by atoms with Gasteiger partial charge in [0, 0.05) is 17.3 Å². The fraction of sp³-hybridized carbons (Fsp3) is 0.556. The van der Waals surface area contributed by atoms with E-state index in [1.165, 1.54) is 29.1 Å². The number of thiazole rings is 1. The molecule has 0 bridgehead atoms. The van der Waals surface area contributed by atoms with Crippen molar-refractivity contribution in [3.05, 3.63) is 15.6 Å². The van der Waals surface area contributed by atoms with Crippen LogP contribution in [0.15, 0.2) is 0 Å². The first-order chi connectivity index (χ1) is 6.25. The van der Waals surface area contributed by atoms with Crippen molar-refractivity contribution in [2.45, 2.75) is 32.1 Å². The van der Waals surface area contributed by atoms with Gasteiger partial charge in [0.05, 0.1) is 10.7 Å². The Kier molecular flexibility index (Phi) is 4.18. The van der Waals surface area contributed by atoms with Crippen LogP contribution < -0.4 is 24.0 Å². The Balaban J connectivity index is 0.000000980. The number of rotatable bonds is 2. The second-order valence-electron chi connectivity index (χ2n) is 3.23. The van der Waals surface area contributed by atoms with Crippen molar-refractivity contribution in [1.82, 2.24) is 4.98 Å². The van der Waals surface area contributed by atoms with Crippen LogP contribution in [0.4, 0.5) is 0 Å². The van der Waals surface area contributed by atoms with Gasteiger partial charge < -0.3 is 9.90 Å². The number of carbonyl (C=O) groups is 1. The number of carboxylic acids is 1. The SMILES string of the molecule is O=C([O-])Cc1nc2c(s1)CCCC2.[Li+]. The average molecular weight is 203 g/mol. The first kappa shape index (κ1) is 11.8. The van der Waals surface area contributed by atoms with Gasteiger partial charge in [-0.15, -0.1) is 11.3 Å². The summed E-state index contributed by atoms with van der Waals surface area (Å²) in [7, 11) is 0. The van der Waals surface area contributed by atoms with Crippen LogP contribution >= 0.6 is 11.3 Å². The molecule has 0 fully saturated rings. The molecular formula is C9H10LiNO2S. The number of aliphatic carboxylic acids is 1. The quantitative estimate of drug-likeness (QED) is 0.492. The molecule has 2 rings (SSSR count). The van der Waals surface area contributed by atoms with Crippen LogP contribution in [0, 0.1) is 0 Å². The van der Waals surface area contributed by atoms with Gasteiger partial charge >= 0.3 is 18.9 Å². The normalized spacial score (nSPS) is 14.3. The number of carbonyl (C=O) groups excluding carboxylic acids is 1. The Morgan fingerprint density at radius 2 is 2.14 bits per heavy atom. The zero-order chi connectivity index (χ0) is 9.26. The predicted octanol–water partition coefficient (Wildman–Crippen LogP) is -2.68. The fourth-order valence-corrected chi connectivity index (χ4v) is 2.75. The number of nitrogens with zero attached hydrogens (tertiary/aromatic N) is 1. The summed E-state index contributed by atoms with van der Waals surface area (Å²) in [6.07, 6.45) is 4.44. The van der Waals surface area contributed by atoms with E-state index in [2.05, 4.69) is 4.98 Å². The van der Waals surface area contributed by atoms with Crippen molar-refractivity contribution in [3.8, 4) is 0 Å². The molecular weight excluding hydrogens is 193 g/mol. The molecule has 0 amide bonds. The van der Waals surface area contributed by atoms with Gasteiger partial charge in [0.15, 0.2) is 0 Å². The Bertz CT molecular complexity index is 314. The maximum Gasteiger partial charge on any atom is 1.00 e. The summed E-state index contributed by atoms with van der Waals surface area (Å²) >= 11 is 1.53. The number of fused-ring (bicyclic) bond motifs is 1. The first-order valence-corrected chi connectivity index (χ1v) is 5.24. The molecule has 14 heavy (non-hydrogen) atoms. The number of aromatic nitrogens is 1. The Labute approximate surface area is 98.7 Å². The molecule has 70 valence electrons. The molecule has 3 nitrogen and oxygen atoms in total. The van der Waals surface area contributed by atoms with Crippen LogP contribution in [0.1, 0.15) is 28.4 Å². The van der Waals surface area contributed by atoms with Crippen LogP contribution in [-0.4, -0.2) is 11.0 Å². The molecule has 5 heteroatoms. The molecule has 0 aromatic carbocycles. The predicted molar refractivity (Wildman–Crippen MR) is 47.5 cm³/mol. The van der Waals surface area contributed by atoms with Gasteiger partial charge in [-0.3, -0.25) is 0 Å². The summed E-state index contributed by atoms with van der Waals surface area (Å²) in [5.41, 5.74) is 1.12. The molecule has 0 unspecified atom stereocenters. The van der Waals surface area contributed by atoms with E-state index in [-0.39, 0.29) is 25.3 Å². The Hall–Kier alpha value is -0.303. The minimum Gasteiger partial charge on any atom is -0.550 e. The molecule has 1 aliphatic rings. The van der Waals surface area contributed by atoms with Crippen LogP contribution in [-0.2, 0) is 24.1 Å². The van der Waals surface area contributed by atoms with Gasteiger partial charge in [0.25, 0.3) is 0 Å². The van der Waals surface area contributed by atoms with Gasteiger partial charge in [-0.2, -0.15) is 0 Å². The molecule has 1 aromatic rings. The van der Waals surface area contributed by atoms with E-state index >= 15 is 0 Å². The standard InChI is InChI=1S/C9H11NO2S.Li/c11-9(12)5-8-10-6-3-1-2-4-7(6)13-8;/h1-5H2,(H,11,12);/q;+1/p-1. The van der Waals surface area contributed by atoms with Crippen LogP contribution in [0.2, 0.25) is 0 Å². The summed E-state index contributed by atoms with van der Waals surface area (Å²) < 4.78 is 0. The topological polar surface area (TPSA) is 53.0 Å². The average Bonchev–Trinajstić information content (AvgIpc) is 2.44. The second-order valence-corrected chi connectivity index (χ2v) is 4.40. The van der Waals surface area contributed by atoms with Crippen molar-refractivity contribution in [2.24, 2.45) is 0 Å². The second kappa shape index (κ2) is 4.97. The molecule has 0 saturated heterocycles. The molecule has 0 radical (unpaired) electrons. The van der Waals surface area contributed by atoms with Crippen molar-refractivity contribution in [3.63, 3.8) is 0 Å². The number of aryl methyl sites for hydroxylation is 2. The first-order valence-electron chi connectivity index (χ1n) is 4.43. The van der Waals surface area contributed by atoms with E-state index in [1.807, 2.05) is 0 Å². The Morgan fingerprint density at radius 3 is 2.79 bits per heavy atom. The third-order valence-electron chi connectivity index (χ3n) is 2.19. The molecule has 1 aliphatic carbocycles. The third kappa shape index (κ3) is 2.60. The van der Waals surface area contributed by atoms with Gasteiger partial charge in [-0.1, -0.05) is 0 Å².